The number of fused-ring (bicyclic) bond motifs is 8. The molecule has 1 aliphatic heterocycles. The lowest BCUT2D eigenvalue weighted by molar-refractivity contribution is 0.00578. The first-order chi connectivity index (χ1) is 15.1. The Morgan fingerprint density at radius 1 is 0.781 bits per heavy atom. The Morgan fingerprint density at radius 2 is 1.47 bits per heavy atom. The van der Waals surface area contributed by atoms with Crippen molar-refractivity contribution in [2.45, 2.75) is 83.8 Å². The Morgan fingerprint density at radius 3 is 2.22 bits per heavy atom. The summed E-state index contributed by atoms with van der Waals surface area (Å²) in [6, 6.07) is 16.2. The second-order valence-electron chi connectivity index (χ2n) is 12.3. The summed E-state index contributed by atoms with van der Waals surface area (Å²) in [4.78, 5) is 0. The Kier molecular flexibility index (Phi) is 4.42. The molecule has 2 bridgehead atoms. The second kappa shape index (κ2) is 6.73. The molecule has 2 aromatic carbocycles. The van der Waals surface area contributed by atoms with Crippen LogP contribution in [0.1, 0.15) is 78.4 Å². The van der Waals surface area contributed by atoms with Crippen molar-refractivity contribution in [1.82, 2.24) is 0 Å². The quantitative estimate of drug-likeness (QED) is 0.493. The highest BCUT2D eigenvalue weighted by Crippen LogP contribution is 2.64. The van der Waals surface area contributed by atoms with Crippen LogP contribution in [0.4, 0.5) is 0 Å². The van der Waals surface area contributed by atoms with Gasteiger partial charge in [0.15, 0.2) is 0 Å². The largest absolute Gasteiger partial charge is 0.495 e. The Labute approximate surface area is 194 Å². The predicted octanol–water partition coefficient (Wildman–Crippen LogP) is 6.34. The van der Waals surface area contributed by atoms with Gasteiger partial charge in [0.1, 0.15) is 0 Å². The van der Waals surface area contributed by atoms with Crippen molar-refractivity contribution in [2.24, 2.45) is 23.7 Å². The van der Waals surface area contributed by atoms with Crippen molar-refractivity contribution in [3.05, 3.63) is 53.6 Å². The normalized spacial score (nSPS) is 36.2. The number of benzene rings is 2. The van der Waals surface area contributed by atoms with Crippen LogP contribution in [0.5, 0.6) is 0 Å². The molecule has 1 saturated heterocycles. The SMILES string of the molecule is CC1CC2CC(C)C3(c4ccccc4-c4c(B5OC(C)(C)C(C)(C)O5)cccc43)C(C1)C2. The van der Waals surface area contributed by atoms with E-state index in [-0.39, 0.29) is 23.7 Å². The highest BCUT2D eigenvalue weighted by atomic mass is 16.7. The van der Waals surface area contributed by atoms with Crippen molar-refractivity contribution in [3.8, 4) is 11.1 Å². The van der Waals surface area contributed by atoms with E-state index < -0.39 is 0 Å². The Bertz CT molecular complexity index is 1050. The van der Waals surface area contributed by atoms with Gasteiger partial charge in [-0.2, -0.15) is 0 Å². The molecule has 0 amide bonds. The Balaban J connectivity index is 1.57. The van der Waals surface area contributed by atoms with E-state index >= 15 is 0 Å². The van der Waals surface area contributed by atoms with Crippen LogP contribution in [0.25, 0.3) is 11.1 Å². The number of hydrogen-bond acceptors (Lipinski definition) is 2. The van der Waals surface area contributed by atoms with Gasteiger partial charge in [-0.25, -0.2) is 0 Å². The van der Waals surface area contributed by atoms with Gasteiger partial charge in [0.25, 0.3) is 0 Å². The molecule has 0 radical (unpaired) electrons. The minimum Gasteiger partial charge on any atom is -0.399 e. The fraction of sp³-hybridized carbons (Fsp3) is 0.586. The molecule has 32 heavy (non-hydrogen) atoms. The molecule has 3 aliphatic carbocycles. The van der Waals surface area contributed by atoms with Crippen LogP contribution < -0.4 is 5.46 Å². The summed E-state index contributed by atoms with van der Waals surface area (Å²) in [5, 5.41) is 0. The zero-order valence-corrected chi connectivity index (χ0v) is 20.6. The molecule has 2 aromatic rings. The van der Waals surface area contributed by atoms with Gasteiger partial charge in [0.05, 0.1) is 11.2 Å². The van der Waals surface area contributed by atoms with Crippen molar-refractivity contribution in [3.63, 3.8) is 0 Å². The number of rotatable bonds is 1. The van der Waals surface area contributed by atoms with E-state index in [9.17, 15) is 0 Å². The summed E-state index contributed by atoms with van der Waals surface area (Å²) in [6.45, 7) is 13.6. The molecule has 5 unspecified atom stereocenters. The van der Waals surface area contributed by atoms with E-state index in [1.54, 1.807) is 5.56 Å². The van der Waals surface area contributed by atoms with Crippen LogP contribution in [0, 0.1) is 23.7 Å². The second-order valence-corrected chi connectivity index (χ2v) is 12.3. The van der Waals surface area contributed by atoms with E-state index in [0.717, 1.165) is 17.8 Å². The summed E-state index contributed by atoms with van der Waals surface area (Å²) >= 11 is 0. The van der Waals surface area contributed by atoms with Crippen LogP contribution in [0.3, 0.4) is 0 Å². The standard InChI is InChI=1S/C29H37BO2/c1-18-14-20-16-19(2)29(21(15-18)17-20)23-11-8-7-10-22(23)26-24(29)12-9-13-25(26)30-31-27(3,4)28(5,6)32-30/h7-13,18-21H,14-17H2,1-6H3. The van der Waals surface area contributed by atoms with E-state index in [1.165, 1.54) is 47.8 Å². The van der Waals surface area contributed by atoms with Gasteiger partial charge >= 0.3 is 7.12 Å². The summed E-state index contributed by atoms with van der Waals surface area (Å²) in [5.74, 6) is 3.09. The third kappa shape index (κ3) is 2.61. The molecule has 0 aromatic heterocycles. The van der Waals surface area contributed by atoms with Crippen molar-refractivity contribution in [1.29, 1.82) is 0 Å². The first-order valence-electron chi connectivity index (χ1n) is 12.7. The predicted molar refractivity (Wildman–Crippen MR) is 132 cm³/mol. The highest BCUT2D eigenvalue weighted by Gasteiger charge is 2.58. The third-order valence-corrected chi connectivity index (χ3v) is 9.84. The maximum absolute atomic E-state index is 6.57. The molecule has 3 heteroatoms. The Hall–Kier alpha value is -1.58. The molecule has 4 aliphatic rings. The van der Waals surface area contributed by atoms with Gasteiger partial charge in [-0.05, 0) is 105 Å². The van der Waals surface area contributed by atoms with Gasteiger partial charge in [0.2, 0.25) is 0 Å². The fourth-order valence-electron chi connectivity index (χ4n) is 7.96. The molecule has 0 N–H and O–H groups in total. The molecule has 1 spiro atoms. The molecule has 2 nitrogen and oxygen atoms in total. The van der Waals surface area contributed by atoms with Gasteiger partial charge in [-0.3, -0.25) is 0 Å². The van der Waals surface area contributed by atoms with Gasteiger partial charge in [-0.1, -0.05) is 56.3 Å². The zero-order chi connectivity index (χ0) is 22.5. The van der Waals surface area contributed by atoms with E-state index in [4.69, 9.17) is 9.31 Å². The zero-order valence-electron chi connectivity index (χ0n) is 20.6. The minimum atomic E-state index is -0.333. The molecule has 1 heterocycles. The molecule has 5 atom stereocenters. The van der Waals surface area contributed by atoms with Crippen LogP contribution in [0.2, 0.25) is 0 Å². The minimum absolute atomic E-state index is 0.122. The van der Waals surface area contributed by atoms with E-state index in [1.807, 2.05) is 0 Å². The van der Waals surface area contributed by atoms with Gasteiger partial charge in [-0.15, -0.1) is 0 Å². The van der Waals surface area contributed by atoms with Crippen LogP contribution >= 0.6 is 0 Å². The average Bonchev–Trinajstić information content (AvgIpc) is 3.14. The lowest BCUT2D eigenvalue weighted by Gasteiger charge is -2.54. The summed E-state index contributed by atoms with van der Waals surface area (Å²) in [6.07, 6.45) is 5.48. The molecule has 3 fully saturated rings. The van der Waals surface area contributed by atoms with Crippen LogP contribution in [-0.4, -0.2) is 18.3 Å². The topological polar surface area (TPSA) is 18.5 Å². The third-order valence-electron chi connectivity index (χ3n) is 9.84. The summed E-state index contributed by atoms with van der Waals surface area (Å²) in [5.41, 5.74) is 6.57. The van der Waals surface area contributed by atoms with Crippen molar-refractivity contribution >= 4 is 12.6 Å². The van der Waals surface area contributed by atoms with Crippen molar-refractivity contribution in [2.75, 3.05) is 0 Å². The van der Waals surface area contributed by atoms with E-state index in [2.05, 4.69) is 84.0 Å². The average molecular weight is 428 g/mol. The van der Waals surface area contributed by atoms with Gasteiger partial charge in [0, 0.05) is 5.41 Å². The van der Waals surface area contributed by atoms with Gasteiger partial charge < -0.3 is 9.31 Å². The molecule has 6 rings (SSSR count). The molecule has 2 saturated carbocycles. The van der Waals surface area contributed by atoms with E-state index in [0.29, 0.717) is 5.92 Å². The highest BCUT2D eigenvalue weighted by molar-refractivity contribution is 6.64. The summed E-state index contributed by atoms with van der Waals surface area (Å²) < 4.78 is 13.1. The molecular formula is C29H37BO2. The first-order valence-corrected chi connectivity index (χ1v) is 12.7. The van der Waals surface area contributed by atoms with Crippen LogP contribution in [-0.2, 0) is 14.7 Å². The van der Waals surface area contributed by atoms with Crippen molar-refractivity contribution < 1.29 is 9.31 Å². The first kappa shape index (κ1) is 21.0. The molecule has 168 valence electrons. The lowest BCUT2D eigenvalue weighted by Crippen LogP contribution is -2.49. The van der Waals surface area contributed by atoms with Crippen LogP contribution in [0.15, 0.2) is 42.5 Å². The molecular weight excluding hydrogens is 391 g/mol. The summed E-state index contributed by atoms with van der Waals surface area (Å²) in [7, 11) is -0.324. The fourth-order valence-corrected chi connectivity index (χ4v) is 7.96. The number of hydrogen-bond donors (Lipinski definition) is 0. The maximum atomic E-state index is 6.57. The maximum Gasteiger partial charge on any atom is 0.495 e. The lowest BCUT2D eigenvalue weighted by atomic mass is 9.49. The monoisotopic (exact) mass is 428 g/mol. The smallest absolute Gasteiger partial charge is 0.399 e.